The predicted octanol–water partition coefficient (Wildman–Crippen LogP) is 4.94. The molecule has 0 amide bonds. The minimum atomic E-state index is -3.85. The van der Waals surface area contributed by atoms with Gasteiger partial charge in [0.15, 0.2) is 0 Å². The van der Waals surface area contributed by atoms with E-state index in [2.05, 4.69) is 4.72 Å². The van der Waals surface area contributed by atoms with Crippen LogP contribution in [0.3, 0.4) is 0 Å². The van der Waals surface area contributed by atoms with Crippen LogP contribution in [0.5, 0.6) is 0 Å². The molecule has 4 aromatic rings. The number of hydrogen-bond acceptors (Lipinski definition) is 4. The smallest absolute Gasteiger partial charge is 0.294 e. The van der Waals surface area contributed by atoms with Crippen molar-refractivity contribution in [2.75, 3.05) is 0 Å². The summed E-state index contributed by atoms with van der Waals surface area (Å²) >= 11 is 7.20. The van der Waals surface area contributed by atoms with E-state index in [1.165, 1.54) is 36.4 Å². The molecule has 4 rings (SSSR count). The molecule has 0 bridgehead atoms. The lowest BCUT2D eigenvalue weighted by Crippen LogP contribution is -2.26. The largest absolute Gasteiger partial charge is 0.308 e. The maximum Gasteiger partial charge on any atom is 0.308 e. The van der Waals surface area contributed by atoms with Crippen LogP contribution in [-0.4, -0.2) is 13.0 Å². The van der Waals surface area contributed by atoms with E-state index >= 15 is 0 Å². The van der Waals surface area contributed by atoms with Gasteiger partial charge in [-0.25, -0.2) is 17.5 Å². The second kappa shape index (κ2) is 8.55. The van der Waals surface area contributed by atoms with Crippen molar-refractivity contribution in [1.82, 2.24) is 9.29 Å². The summed E-state index contributed by atoms with van der Waals surface area (Å²) in [7, 11) is -3.85. The third kappa shape index (κ3) is 4.57. The SMILES string of the molecule is C[C@H](NS(=O)(=O)c1ccc2c(c1)sc(=O)n2Cc1ccccc1Cl)c1ccc(F)cc1. The summed E-state index contributed by atoms with van der Waals surface area (Å²) in [6, 6.07) is 16.9. The molecule has 3 aromatic carbocycles. The summed E-state index contributed by atoms with van der Waals surface area (Å²) in [6.07, 6.45) is 0. The van der Waals surface area contributed by atoms with Gasteiger partial charge < -0.3 is 0 Å². The van der Waals surface area contributed by atoms with Gasteiger partial charge in [0, 0.05) is 11.1 Å². The number of nitrogens with zero attached hydrogens (tertiary/aromatic N) is 1. The number of halogens is 2. The van der Waals surface area contributed by atoms with E-state index in [0.717, 1.165) is 16.9 Å². The van der Waals surface area contributed by atoms with E-state index in [1.54, 1.807) is 23.6 Å². The molecule has 0 spiro atoms. The van der Waals surface area contributed by atoms with E-state index in [1.807, 2.05) is 18.2 Å². The Balaban J connectivity index is 1.64. The Labute approximate surface area is 187 Å². The zero-order chi connectivity index (χ0) is 22.2. The van der Waals surface area contributed by atoms with Crippen molar-refractivity contribution in [1.29, 1.82) is 0 Å². The summed E-state index contributed by atoms with van der Waals surface area (Å²) in [4.78, 5) is 12.4. The Hall–Kier alpha value is -2.52. The number of benzene rings is 3. The molecule has 160 valence electrons. The summed E-state index contributed by atoms with van der Waals surface area (Å²) in [5.74, 6) is -0.388. The molecular weight excluding hydrogens is 459 g/mol. The molecular formula is C22H18ClFN2O3S2. The minimum Gasteiger partial charge on any atom is -0.294 e. The molecule has 0 saturated carbocycles. The first kappa shape index (κ1) is 21.7. The molecule has 0 unspecified atom stereocenters. The number of fused-ring (bicyclic) bond motifs is 1. The highest BCUT2D eigenvalue weighted by Gasteiger charge is 2.20. The lowest BCUT2D eigenvalue weighted by atomic mass is 10.1. The van der Waals surface area contributed by atoms with Gasteiger partial charge in [-0.05, 0) is 54.4 Å². The summed E-state index contributed by atoms with van der Waals surface area (Å²) in [5.41, 5.74) is 2.08. The predicted molar refractivity (Wildman–Crippen MR) is 122 cm³/mol. The molecule has 1 heterocycles. The van der Waals surface area contributed by atoms with Gasteiger partial charge in [-0.2, -0.15) is 0 Å². The van der Waals surface area contributed by atoms with Crippen LogP contribution in [0, 0.1) is 5.82 Å². The fraction of sp³-hybridized carbons (Fsp3) is 0.136. The molecule has 0 aliphatic carbocycles. The number of rotatable bonds is 6. The Kier molecular flexibility index (Phi) is 5.98. The van der Waals surface area contributed by atoms with Crippen molar-refractivity contribution in [2.45, 2.75) is 24.4 Å². The standard InChI is InChI=1S/C22H18ClFN2O3S2/c1-14(15-6-8-17(24)9-7-15)25-31(28,29)18-10-11-20-21(12-18)30-22(27)26(20)13-16-4-2-3-5-19(16)23/h2-12,14,25H,13H2,1H3/t14-/m0/s1. The zero-order valence-electron chi connectivity index (χ0n) is 16.4. The van der Waals surface area contributed by atoms with Gasteiger partial charge in [0.25, 0.3) is 0 Å². The molecule has 0 radical (unpaired) electrons. The third-order valence-corrected chi connectivity index (χ3v) is 7.79. The molecule has 0 fully saturated rings. The van der Waals surface area contributed by atoms with Crippen LogP contribution >= 0.6 is 22.9 Å². The second-order valence-electron chi connectivity index (χ2n) is 7.07. The molecule has 0 aliphatic heterocycles. The highest BCUT2D eigenvalue weighted by molar-refractivity contribution is 7.89. The molecule has 0 saturated heterocycles. The first-order valence-electron chi connectivity index (χ1n) is 9.39. The average molecular weight is 477 g/mol. The lowest BCUT2D eigenvalue weighted by molar-refractivity contribution is 0.566. The maximum absolute atomic E-state index is 13.1. The van der Waals surface area contributed by atoms with Crippen LogP contribution in [0.2, 0.25) is 5.02 Å². The zero-order valence-corrected chi connectivity index (χ0v) is 18.8. The number of thiazole rings is 1. The van der Waals surface area contributed by atoms with Crippen molar-refractivity contribution in [2.24, 2.45) is 0 Å². The highest BCUT2D eigenvalue weighted by Crippen LogP contribution is 2.25. The van der Waals surface area contributed by atoms with Gasteiger partial charge in [0.05, 0.1) is 21.7 Å². The summed E-state index contributed by atoms with van der Waals surface area (Å²) in [6.45, 7) is 1.98. The fourth-order valence-corrected chi connectivity index (χ4v) is 5.74. The molecule has 1 aromatic heterocycles. The van der Waals surface area contributed by atoms with Gasteiger partial charge in [0.1, 0.15) is 5.82 Å². The van der Waals surface area contributed by atoms with Gasteiger partial charge in [-0.1, -0.05) is 53.3 Å². The van der Waals surface area contributed by atoms with Gasteiger partial charge in [-0.3, -0.25) is 9.36 Å². The van der Waals surface area contributed by atoms with Gasteiger partial charge >= 0.3 is 4.87 Å². The fourth-order valence-electron chi connectivity index (χ4n) is 3.28. The highest BCUT2D eigenvalue weighted by atomic mass is 35.5. The van der Waals surface area contributed by atoms with Crippen molar-refractivity contribution < 1.29 is 12.8 Å². The monoisotopic (exact) mass is 476 g/mol. The van der Waals surface area contributed by atoms with Crippen molar-refractivity contribution in [3.05, 3.63) is 98.4 Å². The van der Waals surface area contributed by atoms with Crippen LogP contribution < -0.4 is 9.60 Å². The van der Waals surface area contributed by atoms with E-state index in [9.17, 15) is 17.6 Å². The van der Waals surface area contributed by atoms with Crippen molar-refractivity contribution >= 4 is 43.2 Å². The van der Waals surface area contributed by atoms with Crippen LogP contribution in [0.15, 0.2) is 76.4 Å². The normalized spacial score (nSPS) is 12.9. The average Bonchev–Trinajstić information content (AvgIpc) is 3.04. The van der Waals surface area contributed by atoms with Crippen molar-refractivity contribution in [3.8, 4) is 0 Å². The Morgan fingerprint density at radius 3 is 2.52 bits per heavy atom. The van der Waals surface area contributed by atoms with Crippen LogP contribution in [0.1, 0.15) is 24.1 Å². The van der Waals surface area contributed by atoms with E-state index in [4.69, 9.17) is 11.6 Å². The number of hydrogen-bond donors (Lipinski definition) is 1. The number of aromatic nitrogens is 1. The summed E-state index contributed by atoms with van der Waals surface area (Å²) in [5, 5.41) is 0.562. The first-order valence-corrected chi connectivity index (χ1v) is 12.1. The molecule has 5 nitrogen and oxygen atoms in total. The van der Waals surface area contributed by atoms with Crippen LogP contribution in [0.25, 0.3) is 10.2 Å². The summed E-state index contributed by atoms with van der Waals surface area (Å²) < 4.78 is 43.6. The maximum atomic E-state index is 13.1. The number of sulfonamides is 1. The van der Waals surface area contributed by atoms with Crippen LogP contribution in [0.4, 0.5) is 4.39 Å². The van der Waals surface area contributed by atoms with E-state index in [-0.39, 0.29) is 15.6 Å². The van der Waals surface area contributed by atoms with E-state index in [0.29, 0.717) is 27.3 Å². The van der Waals surface area contributed by atoms with Gasteiger partial charge in [0.2, 0.25) is 10.0 Å². The van der Waals surface area contributed by atoms with Crippen molar-refractivity contribution in [3.63, 3.8) is 0 Å². The Morgan fingerprint density at radius 2 is 1.81 bits per heavy atom. The second-order valence-corrected chi connectivity index (χ2v) is 10.2. The Bertz CT molecular complexity index is 1410. The van der Waals surface area contributed by atoms with E-state index < -0.39 is 16.1 Å². The first-order chi connectivity index (χ1) is 14.7. The molecule has 1 N–H and O–H groups in total. The molecule has 31 heavy (non-hydrogen) atoms. The molecule has 1 atom stereocenters. The van der Waals surface area contributed by atoms with Crippen LogP contribution in [-0.2, 0) is 16.6 Å². The molecule has 0 aliphatic rings. The molecule has 9 heteroatoms. The van der Waals surface area contributed by atoms with Gasteiger partial charge in [-0.15, -0.1) is 0 Å². The lowest BCUT2D eigenvalue weighted by Gasteiger charge is -2.15. The number of nitrogens with one attached hydrogen (secondary N) is 1. The topological polar surface area (TPSA) is 68.2 Å². The Morgan fingerprint density at radius 1 is 1.10 bits per heavy atom. The quantitative estimate of drug-likeness (QED) is 0.428. The third-order valence-electron chi connectivity index (χ3n) is 4.94. The minimum absolute atomic E-state index is 0.0557.